The van der Waals surface area contributed by atoms with Gasteiger partial charge in [0, 0.05) is 6.54 Å². The number of nitrogens with zero attached hydrogens (tertiary/aromatic N) is 2. The first-order chi connectivity index (χ1) is 10.2. The van der Waals surface area contributed by atoms with Crippen LogP contribution in [0.3, 0.4) is 0 Å². The first-order valence-electron chi connectivity index (χ1n) is 6.29. The Hall–Kier alpha value is -1.92. The monoisotopic (exact) mass is 323 g/mol. The topological polar surface area (TPSA) is 47.0 Å². The Morgan fingerprint density at radius 1 is 1.33 bits per heavy atom. The summed E-state index contributed by atoms with van der Waals surface area (Å²) < 4.78 is 18.8. The van der Waals surface area contributed by atoms with Gasteiger partial charge < -0.3 is 10.1 Å². The fourth-order valence-corrected chi connectivity index (χ4v) is 2.77. The smallest absolute Gasteiger partial charge is 0.232 e. The van der Waals surface area contributed by atoms with Gasteiger partial charge in [-0.05, 0) is 36.6 Å². The van der Waals surface area contributed by atoms with Crippen LogP contribution in [0.15, 0.2) is 29.6 Å². The minimum absolute atomic E-state index is 0.196. The van der Waals surface area contributed by atoms with E-state index in [9.17, 15) is 4.39 Å². The van der Waals surface area contributed by atoms with E-state index in [0.717, 1.165) is 10.2 Å². The third kappa shape index (κ3) is 2.91. The molecule has 0 unspecified atom stereocenters. The summed E-state index contributed by atoms with van der Waals surface area (Å²) in [5.74, 6) is 0.821. The lowest BCUT2D eigenvalue weighted by Gasteiger charge is -2.09. The van der Waals surface area contributed by atoms with Gasteiger partial charge in [0.1, 0.15) is 16.4 Å². The summed E-state index contributed by atoms with van der Waals surface area (Å²) >= 11 is 7.48. The van der Waals surface area contributed by atoms with Crippen LogP contribution in [0.1, 0.15) is 6.92 Å². The average molecular weight is 324 g/mol. The molecule has 0 saturated heterocycles. The maximum absolute atomic E-state index is 13.1. The van der Waals surface area contributed by atoms with E-state index >= 15 is 0 Å². The maximum atomic E-state index is 13.1. The third-order valence-electron chi connectivity index (χ3n) is 2.73. The molecule has 3 rings (SSSR count). The van der Waals surface area contributed by atoms with Crippen LogP contribution in [0.4, 0.5) is 10.3 Å². The van der Waals surface area contributed by atoms with E-state index in [0.29, 0.717) is 24.1 Å². The lowest BCUT2D eigenvalue weighted by atomic mass is 10.3. The summed E-state index contributed by atoms with van der Waals surface area (Å²) in [4.78, 5) is 9.53. The molecule has 2 heterocycles. The van der Waals surface area contributed by atoms with E-state index in [1.165, 1.54) is 29.5 Å². The highest BCUT2D eigenvalue weighted by atomic mass is 35.5. The van der Waals surface area contributed by atoms with Crippen LogP contribution in [0.2, 0.25) is 5.02 Å². The predicted octanol–water partition coefficient (Wildman–Crippen LogP) is 4.71. The van der Waals surface area contributed by atoms with Gasteiger partial charge in [-0.25, -0.2) is 9.37 Å². The normalized spacial score (nSPS) is 10.8. The number of hydrogen-bond acceptors (Lipinski definition) is 5. The van der Waals surface area contributed by atoms with Gasteiger partial charge in [0.25, 0.3) is 0 Å². The molecule has 4 nitrogen and oxygen atoms in total. The largest absolute Gasteiger partial charge is 0.437 e. The molecule has 0 radical (unpaired) electrons. The average Bonchev–Trinajstić information content (AvgIpc) is 2.91. The van der Waals surface area contributed by atoms with Crippen molar-refractivity contribution in [1.82, 2.24) is 9.97 Å². The number of hydrogen-bond donors (Lipinski definition) is 1. The van der Waals surface area contributed by atoms with Gasteiger partial charge in [0.15, 0.2) is 0 Å². The molecular weight excluding hydrogens is 313 g/mol. The highest BCUT2D eigenvalue weighted by Crippen LogP contribution is 2.34. The van der Waals surface area contributed by atoms with Crippen molar-refractivity contribution < 1.29 is 9.13 Å². The second kappa shape index (κ2) is 5.83. The molecule has 1 N–H and O–H groups in total. The number of benzene rings is 1. The zero-order chi connectivity index (χ0) is 14.8. The maximum Gasteiger partial charge on any atom is 0.232 e. The van der Waals surface area contributed by atoms with Crippen LogP contribution < -0.4 is 10.1 Å². The van der Waals surface area contributed by atoms with Gasteiger partial charge in [0.05, 0.1) is 10.4 Å². The van der Waals surface area contributed by atoms with E-state index in [1.54, 1.807) is 0 Å². The van der Waals surface area contributed by atoms with Gasteiger partial charge in [-0.15, -0.1) is 11.3 Å². The van der Waals surface area contributed by atoms with Gasteiger partial charge in [0.2, 0.25) is 11.8 Å². The molecule has 0 saturated carbocycles. The molecule has 7 heteroatoms. The van der Waals surface area contributed by atoms with Crippen LogP contribution in [0.25, 0.3) is 10.2 Å². The Morgan fingerprint density at radius 2 is 2.19 bits per heavy atom. The number of fused-ring (bicyclic) bond motifs is 1. The van der Waals surface area contributed by atoms with Crippen LogP contribution in [-0.2, 0) is 0 Å². The van der Waals surface area contributed by atoms with Crippen molar-refractivity contribution in [3.8, 4) is 11.6 Å². The van der Waals surface area contributed by atoms with E-state index < -0.39 is 5.82 Å². The number of nitrogens with one attached hydrogen (secondary N) is 1. The van der Waals surface area contributed by atoms with Crippen LogP contribution in [0, 0.1) is 5.82 Å². The predicted molar refractivity (Wildman–Crippen MR) is 83.1 cm³/mol. The van der Waals surface area contributed by atoms with Crippen LogP contribution in [0.5, 0.6) is 11.6 Å². The summed E-state index contributed by atoms with van der Waals surface area (Å²) in [6.07, 6.45) is 0. The van der Waals surface area contributed by atoms with Crippen molar-refractivity contribution >= 4 is 39.1 Å². The van der Waals surface area contributed by atoms with Crippen molar-refractivity contribution in [2.75, 3.05) is 11.9 Å². The van der Waals surface area contributed by atoms with Crippen molar-refractivity contribution in [1.29, 1.82) is 0 Å². The van der Waals surface area contributed by atoms with Crippen molar-refractivity contribution in [2.45, 2.75) is 6.92 Å². The Balaban J connectivity index is 2.04. The molecule has 0 amide bonds. The van der Waals surface area contributed by atoms with Gasteiger partial charge in [-0.1, -0.05) is 11.6 Å². The Kier molecular flexibility index (Phi) is 3.90. The summed E-state index contributed by atoms with van der Waals surface area (Å²) in [5.41, 5.74) is 0. The zero-order valence-electron chi connectivity index (χ0n) is 11.1. The number of ether oxygens (including phenoxy) is 1. The summed E-state index contributed by atoms with van der Waals surface area (Å²) in [6, 6.07) is 5.85. The fourth-order valence-electron chi connectivity index (χ4n) is 1.81. The first kappa shape index (κ1) is 14.0. The van der Waals surface area contributed by atoms with E-state index in [1.807, 2.05) is 18.4 Å². The van der Waals surface area contributed by atoms with E-state index in [2.05, 4.69) is 15.3 Å². The minimum Gasteiger partial charge on any atom is -0.437 e. The molecule has 0 aliphatic heterocycles. The van der Waals surface area contributed by atoms with Gasteiger partial charge >= 0.3 is 0 Å². The fraction of sp³-hybridized carbons (Fsp3) is 0.143. The second-order valence-corrected chi connectivity index (χ2v) is 5.50. The highest BCUT2D eigenvalue weighted by molar-refractivity contribution is 7.16. The van der Waals surface area contributed by atoms with Gasteiger partial charge in [-0.3, -0.25) is 0 Å². The quantitative estimate of drug-likeness (QED) is 0.755. The van der Waals surface area contributed by atoms with Crippen LogP contribution in [-0.4, -0.2) is 16.5 Å². The molecule has 0 atom stereocenters. The Bertz CT molecular complexity index is 793. The van der Waals surface area contributed by atoms with Crippen molar-refractivity contribution in [3.05, 3.63) is 40.5 Å². The summed E-state index contributed by atoms with van der Waals surface area (Å²) in [7, 11) is 0. The summed E-state index contributed by atoms with van der Waals surface area (Å²) in [5, 5.41) is 5.95. The number of anilines is 1. The molecule has 0 spiro atoms. The minimum atomic E-state index is -0.413. The molecular formula is C14H11ClFN3OS. The third-order valence-corrected chi connectivity index (χ3v) is 3.83. The number of rotatable bonds is 4. The number of aromatic nitrogens is 2. The first-order valence-corrected chi connectivity index (χ1v) is 7.55. The zero-order valence-corrected chi connectivity index (χ0v) is 12.6. The SMILES string of the molecule is CCNc1nc(Oc2ccc(F)cc2Cl)c2ccsc2n1. The lowest BCUT2D eigenvalue weighted by molar-refractivity contribution is 0.467. The van der Waals surface area contributed by atoms with E-state index in [-0.39, 0.29) is 5.02 Å². The Labute approximate surface area is 129 Å². The number of thiophene rings is 1. The molecule has 3 aromatic rings. The standard InChI is InChI=1S/C14H11ClFN3OS/c1-2-17-14-18-12(9-5-6-21-13(9)19-14)20-11-4-3-8(16)7-10(11)15/h3-7H,2H2,1H3,(H,17,18,19). The van der Waals surface area contributed by atoms with Crippen molar-refractivity contribution in [2.24, 2.45) is 0 Å². The molecule has 2 aromatic heterocycles. The molecule has 0 aliphatic rings. The molecule has 108 valence electrons. The Morgan fingerprint density at radius 3 is 2.95 bits per heavy atom. The lowest BCUT2D eigenvalue weighted by Crippen LogP contribution is -2.03. The van der Waals surface area contributed by atoms with E-state index in [4.69, 9.17) is 16.3 Å². The molecule has 21 heavy (non-hydrogen) atoms. The van der Waals surface area contributed by atoms with Gasteiger partial charge in [-0.2, -0.15) is 4.98 Å². The molecule has 0 fully saturated rings. The summed E-state index contributed by atoms with van der Waals surface area (Å²) in [6.45, 7) is 2.66. The molecule has 0 aliphatic carbocycles. The number of halogens is 2. The highest BCUT2D eigenvalue weighted by Gasteiger charge is 2.12. The van der Waals surface area contributed by atoms with Crippen LogP contribution >= 0.6 is 22.9 Å². The molecule has 1 aromatic carbocycles. The van der Waals surface area contributed by atoms with Crippen molar-refractivity contribution in [3.63, 3.8) is 0 Å². The molecule has 0 bridgehead atoms. The second-order valence-electron chi connectivity index (χ2n) is 4.20.